The SMILES string of the molecule is C[13C]#Cc1ccccc1. The predicted molar refractivity (Wildman–Crippen MR) is 39.0 cm³/mol. The molecule has 0 nitrogen and oxygen atoms in total. The smallest absolute Gasteiger partial charge is 0.0245 e. The minimum absolute atomic E-state index is 1.08. The molecule has 0 saturated heterocycles. The highest BCUT2D eigenvalue weighted by molar-refractivity contribution is 5.32. The zero-order chi connectivity index (χ0) is 6.53. The van der Waals surface area contributed by atoms with Gasteiger partial charge in [-0.25, -0.2) is 0 Å². The summed E-state index contributed by atoms with van der Waals surface area (Å²) in [6.45, 7) is 1.84. The van der Waals surface area contributed by atoms with Crippen LogP contribution in [0.4, 0.5) is 0 Å². The lowest BCUT2D eigenvalue weighted by Crippen LogP contribution is -1.67. The van der Waals surface area contributed by atoms with Gasteiger partial charge in [-0.3, -0.25) is 0 Å². The molecule has 0 aromatic heterocycles. The van der Waals surface area contributed by atoms with Gasteiger partial charge in [-0.2, -0.15) is 0 Å². The first-order valence-corrected chi connectivity index (χ1v) is 2.91. The molecule has 0 bridgehead atoms. The molecule has 0 spiro atoms. The first kappa shape index (κ1) is 5.91. The first-order chi connectivity index (χ1) is 4.43. The topological polar surface area (TPSA) is 0 Å². The van der Waals surface area contributed by atoms with Gasteiger partial charge in [0.05, 0.1) is 0 Å². The quantitative estimate of drug-likeness (QED) is 0.360. The highest BCUT2D eigenvalue weighted by atomic mass is 13.9. The van der Waals surface area contributed by atoms with Gasteiger partial charge in [-0.1, -0.05) is 24.1 Å². The normalized spacial score (nSPS) is 7.67. The minimum atomic E-state index is 1.08. The maximum absolute atomic E-state index is 2.96. The van der Waals surface area contributed by atoms with E-state index in [-0.39, 0.29) is 0 Å². The van der Waals surface area contributed by atoms with E-state index in [4.69, 9.17) is 0 Å². The van der Waals surface area contributed by atoms with Crippen molar-refractivity contribution < 1.29 is 0 Å². The second-order valence-corrected chi connectivity index (χ2v) is 1.74. The molecule has 0 saturated carbocycles. The predicted octanol–water partition coefficient (Wildman–Crippen LogP) is 2.06. The average Bonchev–Trinajstić information content (AvgIpc) is 1.91. The maximum Gasteiger partial charge on any atom is 0.0245 e. The third kappa shape index (κ3) is 1.62. The molecule has 0 aliphatic heterocycles. The summed E-state index contributed by atoms with van der Waals surface area (Å²) in [7, 11) is 0. The average molecular weight is 117 g/mol. The van der Waals surface area contributed by atoms with Crippen molar-refractivity contribution in [3.05, 3.63) is 35.9 Å². The van der Waals surface area contributed by atoms with Crippen LogP contribution in [0.3, 0.4) is 0 Å². The Kier molecular flexibility index (Phi) is 1.93. The van der Waals surface area contributed by atoms with E-state index in [1.165, 1.54) is 0 Å². The van der Waals surface area contributed by atoms with Crippen molar-refractivity contribution in [1.29, 1.82) is 0 Å². The van der Waals surface area contributed by atoms with E-state index in [0.717, 1.165) is 5.56 Å². The fourth-order valence-electron chi connectivity index (χ4n) is 0.666. The molecule has 1 rings (SSSR count). The van der Waals surface area contributed by atoms with Crippen LogP contribution in [0, 0.1) is 11.8 Å². The lowest BCUT2D eigenvalue weighted by Gasteiger charge is -1.83. The largest absolute Gasteiger partial charge is 0.101 e. The van der Waals surface area contributed by atoms with Crippen molar-refractivity contribution in [3.63, 3.8) is 0 Å². The standard InChI is InChI=1S/C9H8/c1-2-6-9-7-4-3-5-8-9/h3-5,7-8H,1H3/i2+1. The first-order valence-electron chi connectivity index (χ1n) is 2.91. The van der Waals surface area contributed by atoms with Crippen molar-refractivity contribution in [2.45, 2.75) is 6.92 Å². The van der Waals surface area contributed by atoms with E-state index in [9.17, 15) is 0 Å². The highest BCUT2D eigenvalue weighted by Crippen LogP contribution is 1.93. The van der Waals surface area contributed by atoms with Gasteiger partial charge in [-0.15, -0.1) is 5.92 Å². The second-order valence-electron chi connectivity index (χ2n) is 1.74. The Balaban J connectivity index is 2.94. The van der Waals surface area contributed by atoms with Crippen LogP contribution in [0.5, 0.6) is 0 Å². The number of hydrogen-bond acceptors (Lipinski definition) is 0. The fourth-order valence-corrected chi connectivity index (χ4v) is 0.666. The van der Waals surface area contributed by atoms with Crippen molar-refractivity contribution in [2.75, 3.05) is 0 Å². The second kappa shape index (κ2) is 2.94. The Bertz CT molecular complexity index is 223. The molecule has 0 atom stereocenters. The van der Waals surface area contributed by atoms with Gasteiger partial charge in [0, 0.05) is 5.56 Å². The molecule has 1 aromatic rings. The third-order valence-electron chi connectivity index (χ3n) is 1.04. The Labute approximate surface area is 55.5 Å². The Morgan fingerprint density at radius 3 is 2.33 bits per heavy atom. The molecular formula is C9H8. The zero-order valence-electron chi connectivity index (χ0n) is 5.39. The molecule has 0 unspecified atom stereocenters. The van der Waals surface area contributed by atoms with Crippen LogP contribution in [-0.2, 0) is 0 Å². The summed E-state index contributed by atoms with van der Waals surface area (Å²) in [4.78, 5) is 0. The third-order valence-corrected chi connectivity index (χ3v) is 1.04. The van der Waals surface area contributed by atoms with Gasteiger partial charge in [0.25, 0.3) is 0 Å². The fraction of sp³-hybridized carbons (Fsp3) is 0.111. The summed E-state index contributed by atoms with van der Waals surface area (Å²) >= 11 is 0. The highest BCUT2D eigenvalue weighted by Gasteiger charge is 1.77. The van der Waals surface area contributed by atoms with E-state index >= 15 is 0 Å². The molecule has 0 fully saturated rings. The van der Waals surface area contributed by atoms with Crippen LogP contribution in [0.2, 0.25) is 0 Å². The molecule has 0 aliphatic rings. The van der Waals surface area contributed by atoms with Crippen molar-refractivity contribution >= 4 is 0 Å². The summed E-state index contributed by atoms with van der Waals surface area (Å²) in [5.74, 6) is 5.79. The molecule has 44 valence electrons. The van der Waals surface area contributed by atoms with Gasteiger partial charge in [0.15, 0.2) is 0 Å². The van der Waals surface area contributed by atoms with E-state index in [0.29, 0.717) is 0 Å². The van der Waals surface area contributed by atoms with Crippen LogP contribution >= 0.6 is 0 Å². The summed E-state index contributed by atoms with van der Waals surface area (Å²) in [5.41, 5.74) is 1.08. The van der Waals surface area contributed by atoms with E-state index in [1.54, 1.807) is 0 Å². The minimum Gasteiger partial charge on any atom is -0.101 e. The Hall–Kier alpha value is -1.22. The number of hydrogen-bond donors (Lipinski definition) is 0. The summed E-state index contributed by atoms with van der Waals surface area (Å²) in [5, 5.41) is 0. The van der Waals surface area contributed by atoms with E-state index in [2.05, 4.69) is 11.8 Å². The molecule has 0 radical (unpaired) electrons. The summed E-state index contributed by atoms with van der Waals surface area (Å²) in [6.07, 6.45) is 0. The molecule has 0 heterocycles. The van der Waals surface area contributed by atoms with Crippen molar-refractivity contribution in [1.82, 2.24) is 0 Å². The maximum atomic E-state index is 2.96. The zero-order valence-corrected chi connectivity index (χ0v) is 5.39. The Morgan fingerprint density at radius 2 is 1.78 bits per heavy atom. The molecular weight excluding hydrogens is 109 g/mol. The Morgan fingerprint density at radius 1 is 1.11 bits per heavy atom. The van der Waals surface area contributed by atoms with Gasteiger partial charge < -0.3 is 0 Å². The van der Waals surface area contributed by atoms with Gasteiger partial charge in [0.2, 0.25) is 0 Å². The van der Waals surface area contributed by atoms with Crippen molar-refractivity contribution in [3.8, 4) is 11.8 Å². The van der Waals surface area contributed by atoms with E-state index in [1.807, 2.05) is 37.3 Å². The van der Waals surface area contributed by atoms with Crippen LogP contribution < -0.4 is 0 Å². The summed E-state index contributed by atoms with van der Waals surface area (Å²) < 4.78 is 0. The van der Waals surface area contributed by atoms with Crippen LogP contribution in [0.25, 0.3) is 0 Å². The lowest BCUT2D eigenvalue weighted by atomic mass is 10.2. The molecule has 0 aliphatic carbocycles. The van der Waals surface area contributed by atoms with E-state index < -0.39 is 0 Å². The van der Waals surface area contributed by atoms with Gasteiger partial charge in [0.1, 0.15) is 0 Å². The summed E-state index contributed by atoms with van der Waals surface area (Å²) in [6, 6.07) is 9.95. The molecule has 0 heteroatoms. The number of rotatable bonds is 0. The lowest BCUT2D eigenvalue weighted by molar-refractivity contribution is 1.64. The molecule has 0 N–H and O–H groups in total. The van der Waals surface area contributed by atoms with Crippen LogP contribution in [0.15, 0.2) is 30.3 Å². The number of benzene rings is 1. The molecule has 9 heavy (non-hydrogen) atoms. The molecule has 0 amide bonds. The van der Waals surface area contributed by atoms with Crippen molar-refractivity contribution in [2.24, 2.45) is 0 Å². The van der Waals surface area contributed by atoms with Gasteiger partial charge >= 0.3 is 0 Å². The van der Waals surface area contributed by atoms with Gasteiger partial charge in [-0.05, 0) is 19.1 Å². The van der Waals surface area contributed by atoms with Crippen LogP contribution in [0.1, 0.15) is 12.5 Å². The molecule has 1 aromatic carbocycles. The van der Waals surface area contributed by atoms with Crippen LogP contribution in [-0.4, -0.2) is 0 Å². The monoisotopic (exact) mass is 117 g/mol.